The van der Waals surface area contributed by atoms with Crippen molar-refractivity contribution in [3.63, 3.8) is 0 Å². The fourth-order valence-corrected chi connectivity index (χ4v) is 2.39. The minimum atomic E-state index is -0.195. The Morgan fingerprint density at radius 2 is 1.29 bits per heavy atom. The van der Waals surface area contributed by atoms with Crippen molar-refractivity contribution in [2.45, 2.75) is 90.4 Å². The van der Waals surface area contributed by atoms with Crippen molar-refractivity contribution in [1.82, 2.24) is 0 Å². The highest BCUT2D eigenvalue weighted by atomic mass is 35.5. The van der Waals surface area contributed by atoms with Gasteiger partial charge in [-0.3, -0.25) is 4.79 Å². The van der Waals surface area contributed by atoms with Gasteiger partial charge < -0.3 is 0 Å². The van der Waals surface area contributed by atoms with Crippen LogP contribution < -0.4 is 0 Å². The van der Waals surface area contributed by atoms with Crippen molar-refractivity contribution in [2.75, 3.05) is 0 Å². The first-order chi connectivity index (χ1) is 10.3. The van der Waals surface area contributed by atoms with Crippen LogP contribution in [0, 0.1) is 0 Å². The molecule has 0 aromatic carbocycles. The number of rotatable bonds is 15. The van der Waals surface area contributed by atoms with Crippen LogP contribution in [0.1, 0.15) is 90.4 Å². The molecule has 0 N–H and O–H groups in total. The zero-order chi connectivity index (χ0) is 15.6. The van der Waals surface area contributed by atoms with E-state index in [1.54, 1.807) is 0 Å². The van der Waals surface area contributed by atoms with Crippen molar-refractivity contribution in [3.05, 3.63) is 24.3 Å². The summed E-state index contributed by atoms with van der Waals surface area (Å²) in [6.07, 6.45) is 24.4. The maximum Gasteiger partial charge on any atom is 0.221 e. The Morgan fingerprint density at radius 3 is 1.86 bits per heavy atom. The summed E-state index contributed by atoms with van der Waals surface area (Å²) >= 11 is 5.29. The molecule has 0 aliphatic carbocycles. The third-order valence-electron chi connectivity index (χ3n) is 3.57. The zero-order valence-corrected chi connectivity index (χ0v) is 14.5. The molecule has 0 aromatic heterocycles. The molecule has 122 valence electrons. The van der Waals surface area contributed by atoms with E-state index in [-0.39, 0.29) is 5.24 Å². The van der Waals surface area contributed by atoms with E-state index in [2.05, 4.69) is 31.2 Å². The lowest BCUT2D eigenvalue weighted by molar-refractivity contribution is -0.111. The average Bonchev–Trinajstić information content (AvgIpc) is 2.46. The van der Waals surface area contributed by atoms with Gasteiger partial charge in [0.2, 0.25) is 5.24 Å². The van der Waals surface area contributed by atoms with Gasteiger partial charge >= 0.3 is 0 Å². The molecule has 0 fully saturated rings. The van der Waals surface area contributed by atoms with Crippen LogP contribution in [-0.2, 0) is 4.79 Å². The van der Waals surface area contributed by atoms with E-state index in [1.165, 1.54) is 57.8 Å². The third-order valence-corrected chi connectivity index (χ3v) is 3.76. The second-order valence-electron chi connectivity index (χ2n) is 5.69. The van der Waals surface area contributed by atoms with E-state index in [0.717, 1.165) is 19.3 Å². The van der Waals surface area contributed by atoms with Gasteiger partial charge in [-0.2, -0.15) is 0 Å². The van der Waals surface area contributed by atoms with Crippen LogP contribution in [0.4, 0.5) is 0 Å². The number of halogens is 1. The summed E-state index contributed by atoms with van der Waals surface area (Å²) in [5.41, 5.74) is 0. The molecule has 0 saturated heterocycles. The van der Waals surface area contributed by atoms with Crippen LogP contribution in [0.25, 0.3) is 0 Å². The summed E-state index contributed by atoms with van der Waals surface area (Å²) in [4.78, 5) is 10.5. The topological polar surface area (TPSA) is 17.1 Å². The van der Waals surface area contributed by atoms with Gasteiger partial charge in [-0.15, -0.1) is 0 Å². The highest BCUT2D eigenvalue weighted by Crippen LogP contribution is 2.10. The summed E-state index contributed by atoms with van der Waals surface area (Å²) in [5.74, 6) is 0. The van der Waals surface area contributed by atoms with Gasteiger partial charge in [-0.1, -0.05) is 69.8 Å². The first-order valence-corrected chi connectivity index (χ1v) is 9.13. The number of unbranched alkanes of at least 4 members (excludes halogenated alkanes) is 9. The Kier molecular flexibility index (Phi) is 17.0. The van der Waals surface area contributed by atoms with Gasteiger partial charge in [0, 0.05) is 6.42 Å². The summed E-state index contributed by atoms with van der Waals surface area (Å²) in [5, 5.41) is -0.195. The fraction of sp³-hybridized carbons (Fsp3) is 0.737. The molecule has 0 aromatic rings. The number of hydrogen-bond acceptors (Lipinski definition) is 1. The maximum absolute atomic E-state index is 10.5. The number of hydrogen-bond donors (Lipinski definition) is 0. The molecule has 0 amide bonds. The van der Waals surface area contributed by atoms with Crippen molar-refractivity contribution in [2.24, 2.45) is 0 Å². The SMILES string of the molecule is CCCCC/C=C\C/C=C\CCCCCCCCC(=O)Cl. The molecule has 0 unspecified atom stereocenters. The van der Waals surface area contributed by atoms with E-state index in [0.29, 0.717) is 6.42 Å². The van der Waals surface area contributed by atoms with Gasteiger partial charge in [0.05, 0.1) is 0 Å². The zero-order valence-electron chi connectivity index (χ0n) is 13.8. The monoisotopic (exact) mass is 312 g/mol. The highest BCUT2D eigenvalue weighted by Gasteiger charge is 1.95. The Hall–Kier alpha value is -0.560. The largest absolute Gasteiger partial charge is 0.281 e. The van der Waals surface area contributed by atoms with Crippen LogP contribution in [-0.4, -0.2) is 5.24 Å². The number of carbonyl (C=O) groups is 1. The van der Waals surface area contributed by atoms with Crippen LogP contribution >= 0.6 is 11.6 Å². The van der Waals surface area contributed by atoms with Gasteiger partial charge in [0.1, 0.15) is 0 Å². The summed E-state index contributed by atoms with van der Waals surface area (Å²) in [7, 11) is 0. The maximum atomic E-state index is 10.5. The third kappa shape index (κ3) is 19.4. The Balaban J connectivity index is 3.16. The van der Waals surface area contributed by atoms with E-state index in [1.807, 2.05) is 0 Å². The Labute approximate surface area is 136 Å². The van der Waals surface area contributed by atoms with Crippen molar-refractivity contribution in [3.8, 4) is 0 Å². The minimum absolute atomic E-state index is 0.195. The Morgan fingerprint density at radius 1 is 0.762 bits per heavy atom. The lowest BCUT2D eigenvalue weighted by Gasteiger charge is -1.99. The summed E-state index contributed by atoms with van der Waals surface area (Å²) in [6, 6.07) is 0. The molecule has 2 heteroatoms. The van der Waals surface area contributed by atoms with Crippen molar-refractivity contribution in [1.29, 1.82) is 0 Å². The van der Waals surface area contributed by atoms with E-state index in [4.69, 9.17) is 11.6 Å². The summed E-state index contributed by atoms with van der Waals surface area (Å²) < 4.78 is 0. The molecule has 0 rings (SSSR count). The van der Waals surface area contributed by atoms with Gasteiger partial charge in [-0.25, -0.2) is 0 Å². The van der Waals surface area contributed by atoms with Crippen molar-refractivity contribution < 1.29 is 4.79 Å². The molecular weight excluding hydrogens is 280 g/mol. The number of allylic oxidation sites excluding steroid dienone is 4. The highest BCUT2D eigenvalue weighted by molar-refractivity contribution is 6.63. The molecule has 0 heterocycles. The second kappa shape index (κ2) is 17.5. The fourth-order valence-electron chi connectivity index (χ4n) is 2.25. The second-order valence-corrected chi connectivity index (χ2v) is 6.11. The van der Waals surface area contributed by atoms with Crippen LogP contribution in [0.3, 0.4) is 0 Å². The van der Waals surface area contributed by atoms with E-state index >= 15 is 0 Å². The van der Waals surface area contributed by atoms with Gasteiger partial charge in [0.25, 0.3) is 0 Å². The first-order valence-electron chi connectivity index (χ1n) is 8.75. The summed E-state index contributed by atoms with van der Waals surface area (Å²) in [6.45, 7) is 2.24. The molecule has 0 aliphatic rings. The molecule has 0 bridgehead atoms. The smallest absolute Gasteiger partial charge is 0.221 e. The average molecular weight is 313 g/mol. The molecule has 21 heavy (non-hydrogen) atoms. The van der Waals surface area contributed by atoms with E-state index < -0.39 is 0 Å². The van der Waals surface area contributed by atoms with Crippen LogP contribution in [0.15, 0.2) is 24.3 Å². The molecular formula is C19H33ClO. The van der Waals surface area contributed by atoms with Gasteiger partial charge in [0.15, 0.2) is 0 Å². The molecule has 0 saturated carbocycles. The van der Waals surface area contributed by atoms with Crippen molar-refractivity contribution >= 4 is 16.8 Å². The normalized spacial score (nSPS) is 11.7. The molecule has 0 spiro atoms. The molecule has 0 radical (unpaired) electrons. The van der Waals surface area contributed by atoms with Gasteiger partial charge in [-0.05, 0) is 50.1 Å². The minimum Gasteiger partial charge on any atom is -0.281 e. The number of carbonyl (C=O) groups excluding carboxylic acids is 1. The predicted molar refractivity (Wildman–Crippen MR) is 94.8 cm³/mol. The molecule has 1 nitrogen and oxygen atoms in total. The first kappa shape index (κ1) is 20.4. The quantitative estimate of drug-likeness (QED) is 0.181. The molecule has 0 atom stereocenters. The molecule has 0 aliphatic heterocycles. The van der Waals surface area contributed by atoms with E-state index in [9.17, 15) is 4.79 Å². The standard InChI is InChI=1S/C19H33ClO/c1-2-3-4-5-6-7-8-9-10-11-12-13-14-15-16-17-18-19(20)21/h6-7,9-10H,2-5,8,11-18H2,1H3/b7-6-,10-9-. The lowest BCUT2D eigenvalue weighted by atomic mass is 10.1. The Bertz CT molecular complexity index is 281. The lowest BCUT2D eigenvalue weighted by Crippen LogP contribution is -1.86. The van der Waals surface area contributed by atoms with Crippen LogP contribution in [0.2, 0.25) is 0 Å². The van der Waals surface area contributed by atoms with Crippen LogP contribution in [0.5, 0.6) is 0 Å². The predicted octanol–water partition coefficient (Wildman–Crippen LogP) is 6.96.